The van der Waals surface area contributed by atoms with Crippen LogP contribution in [-0.2, 0) is 0 Å². The van der Waals surface area contributed by atoms with Crippen LogP contribution in [0.2, 0.25) is 0 Å². The Labute approximate surface area is 66.4 Å². The molecule has 0 unspecified atom stereocenters. The van der Waals surface area contributed by atoms with E-state index < -0.39 is 0 Å². The van der Waals surface area contributed by atoms with Gasteiger partial charge in [-0.3, -0.25) is 0 Å². The van der Waals surface area contributed by atoms with Crippen LogP contribution >= 0.6 is 0 Å². The van der Waals surface area contributed by atoms with Crippen molar-refractivity contribution in [3.8, 4) is 0 Å². The molecule has 1 aromatic rings. The summed E-state index contributed by atoms with van der Waals surface area (Å²) in [5.74, 6) is -0.177. The van der Waals surface area contributed by atoms with Crippen LogP contribution in [0.25, 0.3) is 6.08 Å². The maximum absolute atomic E-state index is 12.6. The van der Waals surface area contributed by atoms with Crippen molar-refractivity contribution < 1.29 is 4.39 Å². The van der Waals surface area contributed by atoms with Crippen molar-refractivity contribution in [3.05, 3.63) is 41.2 Å². The molecule has 0 radical (unpaired) electrons. The maximum Gasteiger partial charge on any atom is 0.123 e. The van der Waals surface area contributed by atoms with Crippen LogP contribution < -0.4 is 0 Å². The van der Waals surface area contributed by atoms with Crippen molar-refractivity contribution in [1.29, 1.82) is 0 Å². The maximum atomic E-state index is 12.6. The van der Waals surface area contributed by atoms with Crippen LogP contribution in [0.4, 0.5) is 4.39 Å². The van der Waals surface area contributed by atoms with E-state index in [0.29, 0.717) is 0 Å². The highest BCUT2D eigenvalue weighted by molar-refractivity contribution is 5.52. The van der Waals surface area contributed by atoms with Gasteiger partial charge in [0.05, 0.1) is 0 Å². The summed E-state index contributed by atoms with van der Waals surface area (Å²) < 4.78 is 12.6. The second-order valence-electron chi connectivity index (χ2n) is 2.50. The molecule has 0 saturated carbocycles. The Kier molecular flexibility index (Phi) is 2.42. The van der Waals surface area contributed by atoms with Gasteiger partial charge in [-0.25, -0.2) is 4.39 Å². The van der Waals surface area contributed by atoms with Gasteiger partial charge in [0.25, 0.3) is 0 Å². The third kappa shape index (κ3) is 1.90. The highest BCUT2D eigenvalue weighted by Crippen LogP contribution is 2.11. The van der Waals surface area contributed by atoms with Crippen molar-refractivity contribution in [2.45, 2.75) is 13.8 Å². The normalized spacial score (nSPS) is 10.8. The molecule has 0 saturated heterocycles. The number of aryl methyl sites for hydroxylation is 1. The Hall–Kier alpha value is -1.11. The largest absolute Gasteiger partial charge is 0.207 e. The molecule has 0 aliphatic rings. The van der Waals surface area contributed by atoms with Crippen LogP contribution in [0, 0.1) is 12.7 Å². The topological polar surface area (TPSA) is 0 Å². The first-order valence-corrected chi connectivity index (χ1v) is 3.63. The minimum Gasteiger partial charge on any atom is -0.207 e. The molecule has 58 valence electrons. The summed E-state index contributed by atoms with van der Waals surface area (Å²) in [6.07, 6.45) is 3.81. The van der Waals surface area contributed by atoms with Gasteiger partial charge in [0, 0.05) is 0 Å². The zero-order valence-electron chi connectivity index (χ0n) is 6.76. The third-order valence-corrected chi connectivity index (χ3v) is 1.59. The number of hydrogen-bond donors (Lipinski definition) is 0. The summed E-state index contributed by atoms with van der Waals surface area (Å²) in [7, 11) is 0. The van der Waals surface area contributed by atoms with Gasteiger partial charge in [0.15, 0.2) is 0 Å². The number of hydrogen-bond acceptors (Lipinski definition) is 0. The second-order valence-corrected chi connectivity index (χ2v) is 2.50. The predicted octanol–water partition coefficient (Wildman–Crippen LogP) is 3.17. The van der Waals surface area contributed by atoms with Gasteiger partial charge in [0.1, 0.15) is 5.82 Å². The molecule has 0 aliphatic carbocycles. The lowest BCUT2D eigenvalue weighted by molar-refractivity contribution is 0.627. The quantitative estimate of drug-likeness (QED) is 0.576. The van der Waals surface area contributed by atoms with Crippen molar-refractivity contribution >= 4 is 6.08 Å². The Bertz CT molecular complexity index is 274. The van der Waals surface area contributed by atoms with Crippen molar-refractivity contribution in [1.82, 2.24) is 0 Å². The molecule has 0 aliphatic heterocycles. The molecule has 0 atom stereocenters. The number of rotatable bonds is 1. The van der Waals surface area contributed by atoms with E-state index in [9.17, 15) is 4.39 Å². The summed E-state index contributed by atoms with van der Waals surface area (Å²) in [4.78, 5) is 0. The summed E-state index contributed by atoms with van der Waals surface area (Å²) in [5.41, 5.74) is 2.05. The van der Waals surface area contributed by atoms with Crippen molar-refractivity contribution in [2.75, 3.05) is 0 Å². The molecule has 0 aromatic heterocycles. The lowest BCUT2D eigenvalue weighted by Crippen LogP contribution is -1.81. The molecular weight excluding hydrogens is 139 g/mol. The number of benzene rings is 1. The van der Waals surface area contributed by atoms with Gasteiger partial charge >= 0.3 is 0 Å². The molecule has 0 spiro atoms. The lowest BCUT2D eigenvalue weighted by Gasteiger charge is -1.98. The van der Waals surface area contributed by atoms with Crippen LogP contribution in [0.15, 0.2) is 24.3 Å². The van der Waals surface area contributed by atoms with Gasteiger partial charge < -0.3 is 0 Å². The van der Waals surface area contributed by atoms with Crippen molar-refractivity contribution in [3.63, 3.8) is 0 Å². The average Bonchev–Trinajstić information content (AvgIpc) is 1.98. The Morgan fingerprint density at radius 2 is 2.09 bits per heavy atom. The van der Waals surface area contributed by atoms with E-state index >= 15 is 0 Å². The first-order valence-electron chi connectivity index (χ1n) is 3.63. The fourth-order valence-corrected chi connectivity index (χ4v) is 0.970. The molecule has 0 N–H and O–H groups in total. The Morgan fingerprint density at radius 3 is 2.73 bits per heavy atom. The van der Waals surface area contributed by atoms with Gasteiger partial charge in [-0.1, -0.05) is 18.2 Å². The standard InChI is InChI=1S/C10H11F/c1-3-4-9-7-10(11)6-5-8(9)2/h3-7H,1-2H3/b4-3+. The van der Waals surface area contributed by atoms with Crippen molar-refractivity contribution in [2.24, 2.45) is 0 Å². The van der Waals surface area contributed by atoms with Crippen LogP contribution in [-0.4, -0.2) is 0 Å². The van der Waals surface area contributed by atoms with E-state index in [4.69, 9.17) is 0 Å². The molecule has 0 nitrogen and oxygen atoms in total. The second kappa shape index (κ2) is 3.33. The summed E-state index contributed by atoms with van der Waals surface area (Å²) in [6, 6.07) is 4.79. The molecule has 0 fully saturated rings. The van der Waals surface area contributed by atoms with Crippen LogP contribution in [0.1, 0.15) is 18.1 Å². The van der Waals surface area contributed by atoms with Gasteiger partial charge in [-0.05, 0) is 37.1 Å². The summed E-state index contributed by atoms with van der Waals surface area (Å²) >= 11 is 0. The Balaban J connectivity index is 3.12. The lowest BCUT2D eigenvalue weighted by atomic mass is 10.1. The van der Waals surface area contributed by atoms with E-state index in [2.05, 4.69) is 0 Å². The van der Waals surface area contributed by atoms with E-state index in [-0.39, 0.29) is 5.82 Å². The molecular formula is C10H11F. The minimum absolute atomic E-state index is 0.177. The minimum atomic E-state index is -0.177. The first-order chi connectivity index (χ1) is 5.24. The van der Waals surface area contributed by atoms with Crippen LogP contribution in [0.5, 0.6) is 0 Å². The predicted molar refractivity (Wildman–Crippen MR) is 45.8 cm³/mol. The summed E-state index contributed by atoms with van der Waals surface area (Å²) in [6.45, 7) is 3.89. The molecule has 1 aromatic carbocycles. The molecule has 0 bridgehead atoms. The fraction of sp³-hybridized carbons (Fsp3) is 0.200. The molecule has 1 heteroatoms. The average molecular weight is 150 g/mol. The van der Waals surface area contributed by atoms with E-state index in [0.717, 1.165) is 11.1 Å². The fourth-order valence-electron chi connectivity index (χ4n) is 0.970. The van der Waals surface area contributed by atoms with Crippen LogP contribution in [0.3, 0.4) is 0 Å². The highest BCUT2D eigenvalue weighted by Gasteiger charge is 1.94. The van der Waals surface area contributed by atoms with Gasteiger partial charge in [-0.2, -0.15) is 0 Å². The smallest absolute Gasteiger partial charge is 0.123 e. The van der Waals surface area contributed by atoms with E-state index in [1.165, 1.54) is 12.1 Å². The molecule has 0 amide bonds. The highest BCUT2D eigenvalue weighted by atomic mass is 19.1. The number of halogens is 1. The SMILES string of the molecule is C/C=C/c1cc(F)ccc1C. The van der Waals surface area contributed by atoms with E-state index in [1.54, 1.807) is 6.07 Å². The van der Waals surface area contributed by atoms with Gasteiger partial charge in [-0.15, -0.1) is 0 Å². The molecule has 1 rings (SSSR count). The first kappa shape index (κ1) is 7.99. The summed E-state index contributed by atoms with van der Waals surface area (Å²) in [5, 5.41) is 0. The molecule has 0 heterocycles. The van der Waals surface area contributed by atoms with Gasteiger partial charge in [0.2, 0.25) is 0 Å². The zero-order chi connectivity index (χ0) is 8.27. The number of allylic oxidation sites excluding steroid dienone is 1. The third-order valence-electron chi connectivity index (χ3n) is 1.59. The molecule has 11 heavy (non-hydrogen) atoms. The van der Waals surface area contributed by atoms with E-state index in [1.807, 2.05) is 26.0 Å². The zero-order valence-corrected chi connectivity index (χ0v) is 6.76. The monoisotopic (exact) mass is 150 g/mol. The Morgan fingerprint density at radius 1 is 1.36 bits per heavy atom.